The van der Waals surface area contributed by atoms with Crippen molar-refractivity contribution in [3.63, 3.8) is 0 Å². The van der Waals surface area contributed by atoms with E-state index in [4.69, 9.17) is 10.6 Å². The topological polar surface area (TPSA) is 47.3 Å². The molecule has 4 heteroatoms. The van der Waals surface area contributed by atoms with Gasteiger partial charge in [-0.05, 0) is 71.4 Å². The average Bonchev–Trinajstić information content (AvgIpc) is 2.88. The van der Waals surface area contributed by atoms with E-state index in [1.807, 2.05) is 11.3 Å². The second kappa shape index (κ2) is 5.34. The van der Waals surface area contributed by atoms with E-state index in [1.54, 1.807) is 10.4 Å². The van der Waals surface area contributed by atoms with E-state index in [0.717, 1.165) is 6.42 Å². The normalized spacial score (nSPS) is 28.3. The van der Waals surface area contributed by atoms with Gasteiger partial charge in [-0.25, -0.2) is 0 Å². The molecule has 2 aliphatic rings. The maximum atomic E-state index is 6.26. The van der Waals surface area contributed by atoms with E-state index >= 15 is 0 Å². The lowest BCUT2D eigenvalue weighted by atomic mass is 9.81. The summed E-state index contributed by atoms with van der Waals surface area (Å²) in [7, 11) is 0. The molecule has 1 aliphatic heterocycles. The van der Waals surface area contributed by atoms with Gasteiger partial charge in [-0.2, -0.15) is 0 Å². The third kappa shape index (κ3) is 2.91. The molecule has 0 amide bonds. The standard InChI is InChI=1S/C17H28N2OS/c1-16(2)10-12(17(3,4)20-16)15(19-18)14-9-11-7-5-6-8-13(11)21-14/h9,12,15,19H,5-8,10,18H2,1-4H3. The van der Waals surface area contributed by atoms with Gasteiger partial charge in [0.25, 0.3) is 0 Å². The quantitative estimate of drug-likeness (QED) is 0.661. The summed E-state index contributed by atoms with van der Waals surface area (Å²) in [4.78, 5) is 2.97. The molecule has 1 aliphatic carbocycles. The minimum Gasteiger partial charge on any atom is -0.369 e. The molecule has 3 nitrogen and oxygen atoms in total. The fourth-order valence-corrected chi connectivity index (χ4v) is 5.57. The zero-order valence-corrected chi connectivity index (χ0v) is 14.5. The molecule has 1 saturated heterocycles. The molecular weight excluding hydrogens is 280 g/mol. The first-order chi connectivity index (χ1) is 9.82. The van der Waals surface area contributed by atoms with Gasteiger partial charge < -0.3 is 4.74 Å². The van der Waals surface area contributed by atoms with Crippen LogP contribution in [0.15, 0.2) is 6.07 Å². The van der Waals surface area contributed by atoms with E-state index in [9.17, 15) is 0 Å². The fourth-order valence-electron chi connectivity index (χ4n) is 4.19. The van der Waals surface area contributed by atoms with E-state index in [0.29, 0.717) is 5.92 Å². The van der Waals surface area contributed by atoms with Gasteiger partial charge in [-0.15, -0.1) is 11.3 Å². The molecular formula is C17H28N2OS. The molecule has 118 valence electrons. The van der Waals surface area contributed by atoms with Gasteiger partial charge in [0.05, 0.1) is 17.2 Å². The van der Waals surface area contributed by atoms with Gasteiger partial charge in [0, 0.05) is 15.7 Å². The van der Waals surface area contributed by atoms with Gasteiger partial charge in [-0.3, -0.25) is 11.3 Å². The van der Waals surface area contributed by atoms with Gasteiger partial charge in [-0.1, -0.05) is 0 Å². The smallest absolute Gasteiger partial charge is 0.0681 e. The highest BCUT2D eigenvalue weighted by Crippen LogP contribution is 2.49. The molecule has 21 heavy (non-hydrogen) atoms. The first kappa shape index (κ1) is 15.5. The molecule has 1 aromatic rings. The lowest BCUT2D eigenvalue weighted by Gasteiger charge is -2.32. The first-order valence-corrected chi connectivity index (χ1v) is 8.92. The Morgan fingerprint density at radius 3 is 2.57 bits per heavy atom. The van der Waals surface area contributed by atoms with Gasteiger partial charge >= 0.3 is 0 Å². The van der Waals surface area contributed by atoms with Crippen LogP contribution in [0.5, 0.6) is 0 Å². The summed E-state index contributed by atoms with van der Waals surface area (Å²) in [5.41, 5.74) is 4.43. The van der Waals surface area contributed by atoms with Crippen molar-refractivity contribution in [1.82, 2.24) is 5.43 Å². The van der Waals surface area contributed by atoms with Crippen LogP contribution in [0.3, 0.4) is 0 Å². The summed E-state index contributed by atoms with van der Waals surface area (Å²) >= 11 is 1.96. The van der Waals surface area contributed by atoms with Crippen LogP contribution >= 0.6 is 11.3 Å². The molecule has 3 N–H and O–H groups in total. The average molecular weight is 308 g/mol. The minimum atomic E-state index is -0.148. The Bertz CT molecular complexity index is 497. The number of fused-ring (bicyclic) bond motifs is 1. The molecule has 0 bridgehead atoms. The predicted octanol–water partition coefficient (Wildman–Crippen LogP) is 3.73. The third-order valence-electron chi connectivity index (χ3n) is 5.05. The van der Waals surface area contributed by atoms with Crippen LogP contribution in [0, 0.1) is 5.92 Å². The van der Waals surface area contributed by atoms with Crippen LogP contribution in [0.4, 0.5) is 0 Å². The summed E-state index contributed by atoms with van der Waals surface area (Å²) < 4.78 is 6.26. The predicted molar refractivity (Wildman–Crippen MR) is 88.4 cm³/mol. The molecule has 3 rings (SSSR count). The van der Waals surface area contributed by atoms with Crippen LogP contribution < -0.4 is 11.3 Å². The fraction of sp³-hybridized carbons (Fsp3) is 0.765. The van der Waals surface area contributed by atoms with E-state index in [2.05, 4.69) is 39.2 Å². The van der Waals surface area contributed by atoms with Crippen molar-refractivity contribution in [2.75, 3.05) is 0 Å². The number of rotatable bonds is 3. The number of hydrazine groups is 1. The molecule has 2 heterocycles. The van der Waals surface area contributed by atoms with Crippen molar-refractivity contribution < 1.29 is 4.74 Å². The second-order valence-electron chi connectivity index (χ2n) is 7.72. The van der Waals surface area contributed by atoms with Crippen LogP contribution in [-0.4, -0.2) is 11.2 Å². The van der Waals surface area contributed by atoms with E-state index in [1.165, 1.54) is 30.6 Å². The number of thiophene rings is 1. The number of aryl methyl sites for hydroxylation is 2. The first-order valence-electron chi connectivity index (χ1n) is 8.10. The van der Waals surface area contributed by atoms with Crippen LogP contribution in [0.25, 0.3) is 0 Å². The summed E-state index contributed by atoms with van der Waals surface area (Å²) in [5, 5.41) is 0. The van der Waals surface area contributed by atoms with Gasteiger partial charge in [0.15, 0.2) is 0 Å². The van der Waals surface area contributed by atoms with Crippen molar-refractivity contribution in [2.45, 2.75) is 77.0 Å². The Kier molecular flexibility index (Phi) is 3.93. The third-order valence-corrected chi connectivity index (χ3v) is 6.37. The van der Waals surface area contributed by atoms with Crippen molar-refractivity contribution in [3.8, 4) is 0 Å². The summed E-state index contributed by atoms with van der Waals surface area (Å²) in [6.45, 7) is 8.76. The molecule has 0 radical (unpaired) electrons. The monoisotopic (exact) mass is 308 g/mol. The van der Waals surface area contributed by atoms with Crippen LogP contribution in [-0.2, 0) is 17.6 Å². The summed E-state index contributed by atoms with van der Waals surface area (Å²) in [6, 6.07) is 2.59. The number of hydrogen-bond acceptors (Lipinski definition) is 4. The number of hydrogen-bond donors (Lipinski definition) is 2. The largest absolute Gasteiger partial charge is 0.369 e. The lowest BCUT2D eigenvalue weighted by Crippen LogP contribution is -2.40. The Morgan fingerprint density at radius 1 is 1.29 bits per heavy atom. The SMILES string of the molecule is CC1(C)CC(C(NN)c2cc3c(s2)CCCC3)C(C)(C)O1. The zero-order chi connectivity index (χ0) is 15.3. The maximum absolute atomic E-state index is 6.26. The molecule has 2 atom stereocenters. The molecule has 0 saturated carbocycles. The van der Waals surface area contributed by atoms with Crippen LogP contribution in [0.2, 0.25) is 0 Å². The maximum Gasteiger partial charge on any atom is 0.0681 e. The lowest BCUT2D eigenvalue weighted by molar-refractivity contribution is -0.0777. The molecule has 0 aromatic carbocycles. The number of ether oxygens (including phenoxy) is 1. The van der Waals surface area contributed by atoms with E-state index < -0.39 is 0 Å². The zero-order valence-electron chi connectivity index (χ0n) is 13.7. The van der Waals surface area contributed by atoms with Crippen LogP contribution in [0.1, 0.15) is 68.3 Å². The molecule has 1 fully saturated rings. The van der Waals surface area contributed by atoms with Crippen molar-refractivity contribution in [2.24, 2.45) is 11.8 Å². The Balaban J connectivity index is 1.90. The van der Waals surface area contributed by atoms with Gasteiger partial charge in [0.1, 0.15) is 0 Å². The second-order valence-corrected chi connectivity index (χ2v) is 8.89. The van der Waals surface area contributed by atoms with Crippen molar-refractivity contribution in [3.05, 3.63) is 21.4 Å². The Morgan fingerprint density at radius 2 is 2.00 bits per heavy atom. The number of nitrogens with one attached hydrogen (secondary N) is 1. The van der Waals surface area contributed by atoms with Crippen molar-refractivity contribution >= 4 is 11.3 Å². The highest BCUT2D eigenvalue weighted by atomic mass is 32.1. The molecule has 1 aromatic heterocycles. The Hall–Kier alpha value is -0.420. The molecule has 0 spiro atoms. The summed E-state index contributed by atoms with van der Waals surface area (Å²) in [6.07, 6.45) is 6.18. The summed E-state index contributed by atoms with van der Waals surface area (Å²) in [5.74, 6) is 6.35. The highest BCUT2D eigenvalue weighted by molar-refractivity contribution is 7.12. The minimum absolute atomic E-state index is 0.0693. The Labute approximate surface area is 132 Å². The van der Waals surface area contributed by atoms with E-state index in [-0.39, 0.29) is 17.2 Å². The highest BCUT2D eigenvalue weighted by Gasteiger charge is 2.49. The van der Waals surface area contributed by atoms with Gasteiger partial charge in [0.2, 0.25) is 0 Å². The van der Waals surface area contributed by atoms with Crippen molar-refractivity contribution in [1.29, 1.82) is 0 Å². The molecule has 2 unspecified atom stereocenters. The number of nitrogens with two attached hydrogens (primary N) is 1.